The van der Waals surface area contributed by atoms with Crippen LogP contribution in [0.2, 0.25) is 0 Å². The number of carbonyl (C=O) groups excluding carboxylic acids is 3. The van der Waals surface area contributed by atoms with Crippen LogP contribution >= 0.6 is 0 Å². The van der Waals surface area contributed by atoms with Crippen molar-refractivity contribution in [2.24, 2.45) is 0 Å². The molecule has 0 aromatic rings. The molecule has 11 heteroatoms. The van der Waals surface area contributed by atoms with Gasteiger partial charge in [0.2, 0.25) is 0 Å². The summed E-state index contributed by atoms with van der Waals surface area (Å²) in [5, 5.41) is 0. The maximum Gasteiger partial charge on any atom is 0.771 e. The third-order valence-corrected chi connectivity index (χ3v) is 6.44. The summed E-state index contributed by atoms with van der Waals surface area (Å²) < 4.78 is 38.4. The van der Waals surface area contributed by atoms with Crippen molar-refractivity contribution in [2.45, 2.75) is 66.3 Å². The van der Waals surface area contributed by atoms with Gasteiger partial charge in [0, 0.05) is 41.1 Å². The molecule has 0 rings (SSSR count). The van der Waals surface area contributed by atoms with Crippen molar-refractivity contribution in [3.05, 3.63) is 0 Å². The van der Waals surface area contributed by atoms with E-state index in [4.69, 9.17) is 32.2 Å². The molecule has 0 aromatic heterocycles. The second kappa shape index (κ2) is 11.3. The van der Waals surface area contributed by atoms with E-state index < -0.39 is 44.5 Å². The third kappa shape index (κ3) is 6.85. The maximum absolute atomic E-state index is 11.9. The number of carbonyl (C=O) groups is 3. The normalized spacial score (nSPS) is 16.0. The van der Waals surface area contributed by atoms with Crippen LogP contribution in [0.5, 0.6) is 0 Å². The third-order valence-electron chi connectivity index (χ3n) is 3.24. The van der Waals surface area contributed by atoms with Crippen LogP contribution in [0.15, 0.2) is 0 Å². The molecule has 3 atom stereocenters. The van der Waals surface area contributed by atoms with Gasteiger partial charge < -0.3 is 32.2 Å². The Balaban J connectivity index is 6.75. The molecule has 0 fully saturated rings. The van der Waals surface area contributed by atoms with Crippen molar-refractivity contribution in [1.29, 1.82) is 0 Å². The maximum atomic E-state index is 11.9. The lowest BCUT2D eigenvalue weighted by Crippen LogP contribution is -2.74. The zero-order valence-electron chi connectivity index (χ0n) is 17.2. The minimum absolute atomic E-state index is 0.0341. The SMILES string of the molecule is CCOC(C)C(OCC)(OC(C)OC)[Si](OC(C)=O)(OC(C)=O)OC(C)=O. The van der Waals surface area contributed by atoms with Crippen LogP contribution in [-0.4, -0.2) is 64.8 Å². The fourth-order valence-electron chi connectivity index (χ4n) is 2.37. The van der Waals surface area contributed by atoms with E-state index in [-0.39, 0.29) is 13.2 Å². The molecule has 0 aliphatic carbocycles. The second-order valence-corrected chi connectivity index (χ2v) is 7.88. The number of methoxy groups -OCH3 is 1. The lowest BCUT2D eigenvalue weighted by Gasteiger charge is -2.44. The van der Waals surface area contributed by atoms with E-state index in [9.17, 15) is 14.4 Å². The van der Waals surface area contributed by atoms with Crippen molar-refractivity contribution in [3.8, 4) is 0 Å². The van der Waals surface area contributed by atoms with Gasteiger partial charge in [-0.15, -0.1) is 0 Å². The molecule has 0 saturated heterocycles. The highest BCUT2D eigenvalue weighted by Crippen LogP contribution is 2.36. The van der Waals surface area contributed by atoms with Gasteiger partial charge in [0.05, 0.1) is 0 Å². The van der Waals surface area contributed by atoms with Crippen LogP contribution in [0.3, 0.4) is 0 Å². The van der Waals surface area contributed by atoms with Crippen LogP contribution in [0.25, 0.3) is 0 Å². The highest BCUT2D eigenvalue weighted by Gasteiger charge is 2.76. The largest absolute Gasteiger partial charge is 0.771 e. The van der Waals surface area contributed by atoms with E-state index in [2.05, 4.69) is 0 Å². The fourth-order valence-corrected chi connectivity index (χ4v) is 5.27. The van der Waals surface area contributed by atoms with Gasteiger partial charge in [0.15, 0.2) is 6.29 Å². The average molecular weight is 410 g/mol. The molecule has 0 saturated carbocycles. The predicted octanol–water partition coefficient (Wildman–Crippen LogP) is 1.32. The molecule has 27 heavy (non-hydrogen) atoms. The molecule has 0 aromatic carbocycles. The second-order valence-electron chi connectivity index (χ2n) is 5.46. The number of hydrogen-bond acceptors (Lipinski definition) is 10. The molecule has 0 N–H and O–H groups in total. The topological polar surface area (TPSA) is 116 Å². The van der Waals surface area contributed by atoms with Gasteiger partial charge in [-0.1, -0.05) is 0 Å². The molecule has 0 spiro atoms. The molecular formula is C16H30O10Si. The van der Waals surface area contributed by atoms with Crippen LogP contribution in [-0.2, 0) is 46.6 Å². The molecule has 0 heterocycles. The van der Waals surface area contributed by atoms with E-state index in [1.165, 1.54) is 7.11 Å². The van der Waals surface area contributed by atoms with Crippen molar-refractivity contribution < 1.29 is 46.6 Å². The number of rotatable bonds is 12. The van der Waals surface area contributed by atoms with Crippen molar-refractivity contribution >= 4 is 26.7 Å². The summed E-state index contributed by atoms with van der Waals surface area (Å²) in [5.74, 6) is -2.57. The monoisotopic (exact) mass is 410 g/mol. The molecule has 0 amide bonds. The Morgan fingerprint density at radius 2 is 1.33 bits per heavy atom. The Kier molecular flexibility index (Phi) is 10.7. The Morgan fingerprint density at radius 1 is 0.889 bits per heavy atom. The van der Waals surface area contributed by atoms with E-state index in [1.54, 1.807) is 27.7 Å². The van der Waals surface area contributed by atoms with E-state index in [0.29, 0.717) is 0 Å². The van der Waals surface area contributed by atoms with Crippen LogP contribution in [0, 0.1) is 0 Å². The molecule has 3 unspecified atom stereocenters. The van der Waals surface area contributed by atoms with Gasteiger partial charge in [0.25, 0.3) is 17.9 Å². The van der Waals surface area contributed by atoms with Crippen LogP contribution in [0.4, 0.5) is 0 Å². The first kappa shape index (κ1) is 25.5. The van der Waals surface area contributed by atoms with Gasteiger partial charge in [-0.3, -0.25) is 14.4 Å². The van der Waals surface area contributed by atoms with E-state index in [1.807, 2.05) is 0 Å². The quantitative estimate of drug-likeness (QED) is 0.344. The molecule has 158 valence electrons. The fraction of sp³-hybridized carbons (Fsp3) is 0.812. The Hall–Kier alpha value is -1.53. The lowest BCUT2D eigenvalue weighted by atomic mass is 10.3. The summed E-state index contributed by atoms with van der Waals surface area (Å²) in [7, 11) is -3.29. The zero-order valence-corrected chi connectivity index (χ0v) is 18.2. The minimum atomic E-state index is -4.66. The van der Waals surface area contributed by atoms with Crippen molar-refractivity contribution in [3.63, 3.8) is 0 Å². The van der Waals surface area contributed by atoms with E-state index in [0.717, 1.165) is 20.8 Å². The van der Waals surface area contributed by atoms with Gasteiger partial charge in [-0.25, -0.2) is 0 Å². The molecule has 0 bridgehead atoms. The highest BCUT2D eigenvalue weighted by atomic mass is 28.4. The molecular weight excluding hydrogens is 380 g/mol. The molecule has 0 radical (unpaired) electrons. The van der Waals surface area contributed by atoms with Gasteiger partial charge in [-0.2, -0.15) is 0 Å². The first-order valence-electron chi connectivity index (χ1n) is 8.55. The lowest BCUT2D eigenvalue weighted by molar-refractivity contribution is -0.315. The first-order chi connectivity index (χ1) is 12.5. The Labute approximate surface area is 160 Å². The van der Waals surface area contributed by atoms with Gasteiger partial charge >= 0.3 is 14.2 Å². The summed E-state index contributed by atoms with van der Waals surface area (Å²) in [4.78, 5) is 35.6. The van der Waals surface area contributed by atoms with Gasteiger partial charge in [-0.05, 0) is 27.7 Å². The molecule has 0 aliphatic rings. The average Bonchev–Trinajstić information content (AvgIpc) is 2.52. The summed E-state index contributed by atoms with van der Waals surface area (Å²) in [6.07, 6.45) is -1.88. The first-order valence-corrected chi connectivity index (χ1v) is 10.3. The Bertz CT molecular complexity index is 471. The number of ether oxygens (including phenoxy) is 4. The predicted molar refractivity (Wildman–Crippen MR) is 94.1 cm³/mol. The summed E-state index contributed by atoms with van der Waals surface area (Å²) in [5.41, 5.74) is -2.05. The molecule has 10 nitrogen and oxygen atoms in total. The Morgan fingerprint density at radius 3 is 1.63 bits per heavy atom. The minimum Gasteiger partial charge on any atom is -0.452 e. The zero-order chi connectivity index (χ0) is 21.3. The summed E-state index contributed by atoms with van der Waals surface area (Å²) in [6.45, 7) is 9.96. The summed E-state index contributed by atoms with van der Waals surface area (Å²) >= 11 is 0. The van der Waals surface area contributed by atoms with Gasteiger partial charge in [0.1, 0.15) is 6.10 Å². The standard InChI is InChI=1S/C16H30O10Si/c1-9-21-11(3)16(22-10-2,23-15(7)20-8)27(24-12(4)17,25-13(5)18)26-14(6)19/h11,15H,9-10H2,1-8H3. The summed E-state index contributed by atoms with van der Waals surface area (Å²) in [6, 6.07) is 0. The smallest absolute Gasteiger partial charge is 0.452 e. The van der Waals surface area contributed by atoms with E-state index >= 15 is 0 Å². The van der Waals surface area contributed by atoms with Crippen molar-refractivity contribution in [2.75, 3.05) is 20.3 Å². The van der Waals surface area contributed by atoms with Crippen LogP contribution in [0.1, 0.15) is 48.5 Å². The number of hydrogen-bond donors (Lipinski definition) is 0. The highest BCUT2D eigenvalue weighted by molar-refractivity contribution is 6.68. The van der Waals surface area contributed by atoms with Crippen LogP contribution < -0.4 is 0 Å². The molecule has 0 aliphatic heterocycles. The van der Waals surface area contributed by atoms with Crippen molar-refractivity contribution in [1.82, 2.24) is 0 Å².